The van der Waals surface area contributed by atoms with Gasteiger partial charge in [-0.05, 0) is 42.0 Å². The second-order valence-corrected chi connectivity index (χ2v) is 5.83. The van der Waals surface area contributed by atoms with Crippen molar-refractivity contribution in [3.63, 3.8) is 0 Å². The summed E-state index contributed by atoms with van der Waals surface area (Å²) in [5, 5.41) is 11.6. The van der Waals surface area contributed by atoms with Crippen molar-refractivity contribution in [2.75, 3.05) is 0 Å². The summed E-state index contributed by atoms with van der Waals surface area (Å²) in [6.45, 7) is 0.406. The van der Waals surface area contributed by atoms with E-state index in [9.17, 15) is 9.18 Å². The molecule has 4 nitrogen and oxygen atoms in total. The lowest BCUT2D eigenvalue weighted by Crippen LogP contribution is -2.22. The molecule has 1 aromatic heterocycles. The molecule has 0 aliphatic heterocycles. The highest BCUT2D eigenvalue weighted by Gasteiger charge is 2.10. The van der Waals surface area contributed by atoms with E-state index in [4.69, 9.17) is 9.68 Å². The summed E-state index contributed by atoms with van der Waals surface area (Å²) in [7, 11) is 0. The Labute approximate surface area is 150 Å². The maximum atomic E-state index is 13.8. The molecule has 0 aliphatic carbocycles. The standard InChI is InChI=1S/C21H17FN2O2/c22-19-4-2-1-3-18(19)20-11-9-17(26-20)10-12-21(25)24-14-16-7-5-15(13-23)6-8-16/h1-9,11H,10,12,14H2,(H,24,25). The highest BCUT2D eigenvalue weighted by molar-refractivity contribution is 5.76. The summed E-state index contributed by atoms with van der Waals surface area (Å²) in [6.07, 6.45) is 0.716. The SMILES string of the molecule is N#Cc1ccc(CNC(=O)CCc2ccc(-c3ccccc3F)o2)cc1. The zero-order valence-corrected chi connectivity index (χ0v) is 14.0. The van der Waals surface area contributed by atoms with Crippen LogP contribution in [0.3, 0.4) is 0 Å². The summed E-state index contributed by atoms with van der Waals surface area (Å²) in [4.78, 5) is 12.0. The van der Waals surface area contributed by atoms with E-state index in [2.05, 4.69) is 11.4 Å². The number of nitrogens with zero attached hydrogens (tertiary/aromatic N) is 1. The van der Waals surface area contributed by atoms with E-state index in [0.717, 1.165) is 5.56 Å². The highest BCUT2D eigenvalue weighted by atomic mass is 19.1. The number of nitriles is 1. The Bertz CT molecular complexity index is 939. The van der Waals surface area contributed by atoms with Crippen molar-refractivity contribution in [3.05, 3.63) is 83.4 Å². The fourth-order valence-corrected chi connectivity index (χ4v) is 2.54. The van der Waals surface area contributed by atoms with Crippen LogP contribution in [0.2, 0.25) is 0 Å². The third kappa shape index (κ3) is 4.37. The molecule has 5 heteroatoms. The number of benzene rings is 2. The smallest absolute Gasteiger partial charge is 0.220 e. The van der Waals surface area contributed by atoms with Crippen molar-refractivity contribution in [1.82, 2.24) is 5.32 Å². The van der Waals surface area contributed by atoms with E-state index in [-0.39, 0.29) is 18.1 Å². The van der Waals surface area contributed by atoms with Gasteiger partial charge < -0.3 is 9.73 Å². The van der Waals surface area contributed by atoms with Crippen LogP contribution in [-0.4, -0.2) is 5.91 Å². The zero-order valence-electron chi connectivity index (χ0n) is 14.0. The Balaban J connectivity index is 1.50. The minimum atomic E-state index is -0.339. The van der Waals surface area contributed by atoms with Crippen LogP contribution in [0.4, 0.5) is 4.39 Å². The van der Waals surface area contributed by atoms with Crippen LogP contribution in [0.5, 0.6) is 0 Å². The third-order valence-electron chi connectivity index (χ3n) is 3.97. The Morgan fingerprint density at radius 2 is 1.85 bits per heavy atom. The van der Waals surface area contributed by atoms with Crippen molar-refractivity contribution in [1.29, 1.82) is 5.26 Å². The molecule has 3 rings (SSSR count). The van der Waals surface area contributed by atoms with Gasteiger partial charge in [0.05, 0.1) is 17.2 Å². The molecule has 26 heavy (non-hydrogen) atoms. The molecule has 0 fully saturated rings. The molecule has 0 aliphatic rings. The molecule has 1 amide bonds. The molecule has 0 radical (unpaired) electrons. The van der Waals surface area contributed by atoms with Gasteiger partial charge in [-0.2, -0.15) is 5.26 Å². The van der Waals surface area contributed by atoms with Crippen LogP contribution in [0, 0.1) is 17.1 Å². The minimum absolute atomic E-state index is 0.0989. The van der Waals surface area contributed by atoms with Crippen LogP contribution in [0.15, 0.2) is 65.1 Å². The fraction of sp³-hybridized carbons (Fsp3) is 0.143. The minimum Gasteiger partial charge on any atom is -0.461 e. The van der Waals surface area contributed by atoms with Crippen molar-refractivity contribution >= 4 is 5.91 Å². The summed E-state index contributed by atoms with van der Waals surface area (Å²) < 4.78 is 19.4. The second-order valence-electron chi connectivity index (χ2n) is 5.83. The van der Waals surface area contributed by atoms with Gasteiger partial charge >= 0.3 is 0 Å². The lowest BCUT2D eigenvalue weighted by molar-refractivity contribution is -0.121. The number of hydrogen-bond acceptors (Lipinski definition) is 3. The van der Waals surface area contributed by atoms with Crippen molar-refractivity contribution in [2.24, 2.45) is 0 Å². The molecule has 1 N–H and O–H groups in total. The lowest BCUT2D eigenvalue weighted by atomic mass is 10.1. The Kier molecular flexibility index (Phi) is 5.45. The summed E-state index contributed by atoms with van der Waals surface area (Å²) >= 11 is 0. The number of furan rings is 1. The Morgan fingerprint density at radius 1 is 1.08 bits per heavy atom. The third-order valence-corrected chi connectivity index (χ3v) is 3.97. The van der Waals surface area contributed by atoms with E-state index in [1.807, 2.05) is 12.1 Å². The van der Waals surface area contributed by atoms with Gasteiger partial charge in [0.1, 0.15) is 17.3 Å². The first-order valence-corrected chi connectivity index (χ1v) is 8.25. The van der Waals surface area contributed by atoms with E-state index in [0.29, 0.717) is 35.6 Å². The van der Waals surface area contributed by atoms with Gasteiger partial charge in [0.15, 0.2) is 0 Å². The van der Waals surface area contributed by atoms with Gasteiger partial charge in [-0.3, -0.25) is 4.79 Å². The molecule has 2 aromatic carbocycles. The number of halogens is 1. The first kappa shape index (κ1) is 17.4. The molecule has 1 heterocycles. The first-order chi connectivity index (χ1) is 12.7. The Morgan fingerprint density at radius 3 is 2.58 bits per heavy atom. The summed E-state index contributed by atoms with van der Waals surface area (Å²) in [5.41, 5.74) is 1.92. The summed E-state index contributed by atoms with van der Waals surface area (Å²) in [6, 6.07) is 19.0. The van der Waals surface area contributed by atoms with Crippen molar-refractivity contribution < 1.29 is 13.6 Å². The van der Waals surface area contributed by atoms with Crippen molar-refractivity contribution in [3.8, 4) is 17.4 Å². The molecule has 0 unspecified atom stereocenters. The quantitative estimate of drug-likeness (QED) is 0.726. The monoisotopic (exact) mass is 348 g/mol. The molecular weight excluding hydrogens is 331 g/mol. The van der Waals surface area contributed by atoms with Crippen LogP contribution >= 0.6 is 0 Å². The number of rotatable bonds is 6. The van der Waals surface area contributed by atoms with Gasteiger partial charge in [-0.15, -0.1) is 0 Å². The maximum absolute atomic E-state index is 13.8. The van der Waals surface area contributed by atoms with E-state index in [1.165, 1.54) is 6.07 Å². The fourth-order valence-electron chi connectivity index (χ4n) is 2.54. The van der Waals surface area contributed by atoms with Gasteiger partial charge in [0.2, 0.25) is 5.91 Å². The highest BCUT2D eigenvalue weighted by Crippen LogP contribution is 2.25. The van der Waals surface area contributed by atoms with Gasteiger partial charge in [-0.1, -0.05) is 24.3 Å². The lowest BCUT2D eigenvalue weighted by Gasteiger charge is -2.05. The molecule has 130 valence electrons. The molecule has 0 spiro atoms. The predicted molar refractivity (Wildman–Crippen MR) is 95.4 cm³/mol. The summed E-state index contributed by atoms with van der Waals surface area (Å²) in [5.74, 6) is 0.652. The second kappa shape index (κ2) is 8.13. The van der Waals surface area contributed by atoms with Crippen molar-refractivity contribution in [2.45, 2.75) is 19.4 Å². The largest absolute Gasteiger partial charge is 0.461 e. The molecular formula is C21H17FN2O2. The number of carbonyl (C=O) groups excluding carboxylic acids is 1. The van der Waals surface area contributed by atoms with Crippen LogP contribution in [0.25, 0.3) is 11.3 Å². The number of nitrogens with one attached hydrogen (secondary N) is 1. The number of hydrogen-bond donors (Lipinski definition) is 1. The van der Waals surface area contributed by atoms with Gasteiger partial charge in [-0.25, -0.2) is 4.39 Å². The maximum Gasteiger partial charge on any atom is 0.220 e. The van der Waals surface area contributed by atoms with E-state index in [1.54, 1.807) is 42.5 Å². The predicted octanol–water partition coefficient (Wildman–Crippen LogP) is 4.21. The van der Waals surface area contributed by atoms with Crippen LogP contribution in [0.1, 0.15) is 23.3 Å². The topological polar surface area (TPSA) is 66.0 Å². The average Bonchev–Trinajstić information content (AvgIpc) is 3.14. The Hall–Kier alpha value is -3.39. The zero-order chi connectivity index (χ0) is 18.4. The molecule has 3 aromatic rings. The molecule has 0 saturated heterocycles. The van der Waals surface area contributed by atoms with Crippen LogP contribution < -0.4 is 5.32 Å². The number of amides is 1. The van der Waals surface area contributed by atoms with Gasteiger partial charge in [0, 0.05) is 19.4 Å². The van der Waals surface area contributed by atoms with Gasteiger partial charge in [0.25, 0.3) is 0 Å². The molecule has 0 bridgehead atoms. The van der Waals surface area contributed by atoms with Crippen LogP contribution in [-0.2, 0) is 17.8 Å². The molecule has 0 saturated carbocycles. The number of aryl methyl sites for hydroxylation is 1. The first-order valence-electron chi connectivity index (χ1n) is 8.25. The average molecular weight is 348 g/mol. The number of carbonyl (C=O) groups is 1. The van der Waals surface area contributed by atoms with E-state index < -0.39 is 0 Å². The van der Waals surface area contributed by atoms with E-state index >= 15 is 0 Å². The normalized spacial score (nSPS) is 10.3. The molecule has 0 atom stereocenters.